The van der Waals surface area contributed by atoms with Crippen molar-refractivity contribution in [2.45, 2.75) is 58.3 Å². The molecule has 0 rings (SSSR count). The van der Waals surface area contributed by atoms with Crippen LogP contribution in [0, 0.1) is 0 Å². The summed E-state index contributed by atoms with van der Waals surface area (Å²) in [5, 5.41) is 24.3. The summed E-state index contributed by atoms with van der Waals surface area (Å²) in [5.74, 6) is -2.34. The van der Waals surface area contributed by atoms with Gasteiger partial charge in [0.25, 0.3) is 0 Å². The standard InChI is InChI=1S/C10H22O.C4H6O5.Na.H/c1-2-3-4-5-6-7-8-9-10-11;5-3(6)1-9-2-4(7)8;;/h11H,2-10H2,1H3;1-2H2,(H,5,6)(H,7,8);;/q;;+1;-1. The Bertz CT molecular complexity index is 219. The molecule has 0 radical (unpaired) electrons. The first-order valence-electron chi connectivity index (χ1n) is 7.16. The van der Waals surface area contributed by atoms with Gasteiger partial charge in [-0.25, -0.2) is 9.59 Å². The van der Waals surface area contributed by atoms with Crippen LogP contribution in [0.3, 0.4) is 0 Å². The third-order valence-corrected chi connectivity index (χ3v) is 2.46. The van der Waals surface area contributed by atoms with Gasteiger partial charge < -0.3 is 21.5 Å². The normalized spacial score (nSPS) is 9.24. The number of carbonyl (C=O) groups is 2. The fourth-order valence-electron chi connectivity index (χ4n) is 1.47. The van der Waals surface area contributed by atoms with E-state index in [9.17, 15) is 9.59 Å². The number of aliphatic hydroxyl groups is 1. The zero-order chi connectivity index (χ0) is 15.6. The van der Waals surface area contributed by atoms with Crippen molar-refractivity contribution in [3.8, 4) is 0 Å². The Balaban J connectivity index is -0.000000137. The summed E-state index contributed by atoms with van der Waals surface area (Å²) in [6, 6.07) is 0. The van der Waals surface area contributed by atoms with Crippen LogP contribution in [0.2, 0.25) is 0 Å². The molecule has 0 aromatic carbocycles. The predicted octanol–water partition coefficient (Wildman–Crippen LogP) is -0.592. The number of unbranched alkanes of at least 4 members (excludes halogenated alkanes) is 7. The SMILES string of the molecule is CCCCCCCCCCO.O=C(O)COCC(=O)O.[H-].[Na+]. The van der Waals surface area contributed by atoms with Gasteiger partial charge in [-0.1, -0.05) is 51.9 Å². The number of carboxylic acids is 2. The fourth-order valence-corrected chi connectivity index (χ4v) is 1.47. The van der Waals surface area contributed by atoms with Crippen LogP contribution in [0.25, 0.3) is 0 Å². The molecule has 0 unspecified atom stereocenters. The number of aliphatic hydroxyl groups excluding tert-OH is 1. The minimum absolute atomic E-state index is 0. The van der Waals surface area contributed by atoms with Gasteiger partial charge in [-0.15, -0.1) is 0 Å². The Labute approximate surface area is 150 Å². The van der Waals surface area contributed by atoms with E-state index in [1.807, 2.05) is 0 Å². The first kappa shape index (κ1) is 25.8. The number of carboxylic acid groups (broad SMARTS) is 2. The van der Waals surface area contributed by atoms with Crippen molar-refractivity contribution < 1.29 is 60.6 Å². The van der Waals surface area contributed by atoms with Crippen molar-refractivity contribution in [2.75, 3.05) is 19.8 Å². The summed E-state index contributed by atoms with van der Waals surface area (Å²) >= 11 is 0. The van der Waals surface area contributed by atoms with Gasteiger partial charge in [0.2, 0.25) is 0 Å². The zero-order valence-corrected chi connectivity index (χ0v) is 15.3. The van der Waals surface area contributed by atoms with E-state index in [-0.39, 0.29) is 31.0 Å². The predicted molar refractivity (Wildman–Crippen MR) is 76.9 cm³/mol. The molecule has 0 atom stereocenters. The molecule has 0 spiro atoms. The van der Waals surface area contributed by atoms with Crippen molar-refractivity contribution >= 4 is 11.9 Å². The molecule has 0 amide bonds. The second-order valence-electron chi connectivity index (χ2n) is 4.48. The molecule has 0 heterocycles. The van der Waals surface area contributed by atoms with Gasteiger partial charge in [-0.2, -0.15) is 0 Å². The Morgan fingerprint density at radius 1 is 0.857 bits per heavy atom. The topological polar surface area (TPSA) is 104 Å². The molecular formula is C14H29NaO6. The Morgan fingerprint density at radius 2 is 1.24 bits per heavy atom. The minimum atomic E-state index is -1.17. The molecule has 0 aliphatic heterocycles. The first-order chi connectivity index (χ1) is 9.54. The number of ether oxygens (including phenoxy) is 1. The monoisotopic (exact) mass is 316 g/mol. The van der Waals surface area contributed by atoms with Crippen LogP contribution < -0.4 is 29.6 Å². The number of aliphatic carboxylic acids is 2. The average Bonchev–Trinajstić information content (AvgIpc) is 2.38. The number of hydrogen-bond donors (Lipinski definition) is 3. The van der Waals surface area contributed by atoms with E-state index in [1.165, 1.54) is 44.9 Å². The van der Waals surface area contributed by atoms with E-state index in [0.717, 1.165) is 6.42 Å². The van der Waals surface area contributed by atoms with E-state index in [4.69, 9.17) is 15.3 Å². The molecule has 0 fully saturated rings. The molecule has 7 heteroatoms. The third-order valence-electron chi connectivity index (χ3n) is 2.46. The van der Waals surface area contributed by atoms with Crippen molar-refractivity contribution in [1.29, 1.82) is 0 Å². The Hall–Kier alpha value is -0.140. The van der Waals surface area contributed by atoms with Crippen LogP contribution in [0.4, 0.5) is 0 Å². The maximum absolute atomic E-state index is 9.66. The van der Waals surface area contributed by atoms with E-state index in [2.05, 4.69) is 11.7 Å². The molecule has 0 bridgehead atoms. The van der Waals surface area contributed by atoms with E-state index in [0.29, 0.717) is 6.61 Å². The Kier molecular flexibility index (Phi) is 27.2. The van der Waals surface area contributed by atoms with Gasteiger partial charge in [-0.3, -0.25) is 0 Å². The fraction of sp³-hybridized carbons (Fsp3) is 0.857. The summed E-state index contributed by atoms with van der Waals surface area (Å²) in [6.07, 6.45) is 10.4. The van der Waals surface area contributed by atoms with Crippen LogP contribution in [0.1, 0.15) is 59.7 Å². The summed E-state index contributed by atoms with van der Waals surface area (Å²) in [7, 11) is 0. The molecule has 122 valence electrons. The number of rotatable bonds is 12. The van der Waals surface area contributed by atoms with Crippen LogP contribution in [-0.2, 0) is 14.3 Å². The first-order valence-corrected chi connectivity index (χ1v) is 7.16. The summed E-state index contributed by atoms with van der Waals surface area (Å²) < 4.78 is 4.16. The number of hydrogen-bond acceptors (Lipinski definition) is 4. The van der Waals surface area contributed by atoms with Gasteiger partial charge >= 0.3 is 41.5 Å². The van der Waals surface area contributed by atoms with Crippen LogP contribution in [0.15, 0.2) is 0 Å². The van der Waals surface area contributed by atoms with E-state index >= 15 is 0 Å². The van der Waals surface area contributed by atoms with Crippen molar-refractivity contribution in [1.82, 2.24) is 0 Å². The molecule has 0 aliphatic carbocycles. The third kappa shape index (κ3) is 33.0. The van der Waals surface area contributed by atoms with Crippen LogP contribution in [-0.4, -0.2) is 47.1 Å². The van der Waals surface area contributed by atoms with Gasteiger partial charge in [0.05, 0.1) is 0 Å². The summed E-state index contributed by atoms with van der Waals surface area (Å²) in [5.41, 5.74) is 0. The maximum Gasteiger partial charge on any atom is 1.00 e. The smallest absolute Gasteiger partial charge is 1.00 e. The maximum atomic E-state index is 9.66. The second-order valence-corrected chi connectivity index (χ2v) is 4.48. The molecular weight excluding hydrogens is 287 g/mol. The molecule has 3 N–H and O–H groups in total. The van der Waals surface area contributed by atoms with Gasteiger partial charge in [0.15, 0.2) is 0 Å². The zero-order valence-electron chi connectivity index (χ0n) is 14.3. The minimum Gasteiger partial charge on any atom is -1.00 e. The molecule has 0 aromatic heterocycles. The summed E-state index contributed by atoms with van der Waals surface area (Å²) in [6.45, 7) is 1.49. The van der Waals surface area contributed by atoms with Crippen molar-refractivity contribution in [3.63, 3.8) is 0 Å². The largest absolute Gasteiger partial charge is 1.00 e. The van der Waals surface area contributed by atoms with E-state index < -0.39 is 25.2 Å². The molecule has 0 saturated carbocycles. The average molecular weight is 316 g/mol. The van der Waals surface area contributed by atoms with E-state index in [1.54, 1.807) is 0 Å². The van der Waals surface area contributed by atoms with Gasteiger partial charge in [0.1, 0.15) is 13.2 Å². The van der Waals surface area contributed by atoms with Gasteiger partial charge in [0, 0.05) is 6.61 Å². The quantitative estimate of drug-likeness (QED) is 0.328. The molecule has 0 aromatic rings. The van der Waals surface area contributed by atoms with Crippen molar-refractivity contribution in [3.05, 3.63) is 0 Å². The van der Waals surface area contributed by atoms with Crippen molar-refractivity contribution in [2.24, 2.45) is 0 Å². The molecule has 6 nitrogen and oxygen atoms in total. The Morgan fingerprint density at radius 3 is 1.57 bits per heavy atom. The summed E-state index contributed by atoms with van der Waals surface area (Å²) in [4.78, 5) is 19.3. The van der Waals surface area contributed by atoms with Crippen LogP contribution in [0.5, 0.6) is 0 Å². The van der Waals surface area contributed by atoms with Crippen LogP contribution >= 0.6 is 0 Å². The molecule has 0 aliphatic rings. The molecule has 0 saturated heterocycles. The molecule has 21 heavy (non-hydrogen) atoms. The second kappa shape index (κ2) is 22.1. The van der Waals surface area contributed by atoms with Gasteiger partial charge in [-0.05, 0) is 6.42 Å².